The van der Waals surface area contributed by atoms with Crippen molar-refractivity contribution in [2.45, 2.75) is 77.2 Å². The normalized spacial score (nSPS) is 43.6. The van der Waals surface area contributed by atoms with Gasteiger partial charge in [-0.25, -0.2) is 0 Å². The minimum Gasteiger partial charge on any atom is -0.317 e. The molecule has 1 heteroatoms. The van der Waals surface area contributed by atoms with E-state index in [9.17, 15) is 0 Å². The highest BCUT2D eigenvalue weighted by atomic mass is 14.9. The molecule has 110 valence electrons. The number of nitrogens with one attached hydrogen (secondary N) is 1. The van der Waals surface area contributed by atoms with Crippen molar-refractivity contribution < 1.29 is 0 Å². The first-order chi connectivity index (χ1) is 9.30. The number of fused-ring (bicyclic) bond motifs is 2. The van der Waals surface area contributed by atoms with Crippen molar-refractivity contribution in [3.05, 3.63) is 0 Å². The minimum absolute atomic E-state index is 0.821. The molecule has 3 aliphatic rings. The lowest BCUT2D eigenvalue weighted by atomic mass is 9.74. The fraction of sp³-hybridized carbons (Fsp3) is 1.00. The molecule has 2 bridgehead atoms. The first-order valence-corrected chi connectivity index (χ1v) is 8.97. The first-order valence-electron chi connectivity index (χ1n) is 8.97. The average Bonchev–Trinajstić information content (AvgIpc) is 3.07. The Morgan fingerprint density at radius 1 is 1.00 bits per heavy atom. The van der Waals surface area contributed by atoms with Gasteiger partial charge >= 0.3 is 0 Å². The Morgan fingerprint density at radius 2 is 1.79 bits per heavy atom. The van der Waals surface area contributed by atoms with Crippen LogP contribution in [0.25, 0.3) is 0 Å². The van der Waals surface area contributed by atoms with Crippen molar-refractivity contribution in [1.29, 1.82) is 0 Å². The molecule has 3 aliphatic carbocycles. The number of rotatable bonds is 5. The molecule has 19 heavy (non-hydrogen) atoms. The zero-order valence-corrected chi connectivity index (χ0v) is 13.0. The first kappa shape index (κ1) is 13.9. The van der Waals surface area contributed by atoms with E-state index < -0.39 is 0 Å². The monoisotopic (exact) mass is 263 g/mol. The summed E-state index contributed by atoms with van der Waals surface area (Å²) in [6.07, 6.45) is 15.1. The van der Waals surface area contributed by atoms with Crippen LogP contribution in [-0.2, 0) is 0 Å². The van der Waals surface area contributed by atoms with Crippen LogP contribution in [-0.4, -0.2) is 13.1 Å². The molecule has 3 rings (SSSR count). The van der Waals surface area contributed by atoms with Crippen LogP contribution in [0.2, 0.25) is 0 Å². The lowest BCUT2D eigenvalue weighted by Crippen LogP contribution is -2.38. The molecule has 1 nitrogen and oxygen atoms in total. The van der Waals surface area contributed by atoms with E-state index in [1.807, 2.05) is 0 Å². The average molecular weight is 263 g/mol. The van der Waals surface area contributed by atoms with Gasteiger partial charge in [0.2, 0.25) is 0 Å². The van der Waals surface area contributed by atoms with Gasteiger partial charge in [-0.15, -0.1) is 0 Å². The minimum atomic E-state index is 0.821. The van der Waals surface area contributed by atoms with Crippen LogP contribution in [0.5, 0.6) is 0 Å². The van der Waals surface area contributed by atoms with Crippen LogP contribution in [0.4, 0.5) is 0 Å². The molecular weight excluding hydrogens is 230 g/mol. The largest absolute Gasteiger partial charge is 0.317 e. The SMILES string of the molecule is CCC1CCC(C(CC2CC3CCC2C3)NC)CC1. The summed E-state index contributed by atoms with van der Waals surface area (Å²) in [5.74, 6) is 5.31. The van der Waals surface area contributed by atoms with Crippen LogP contribution in [0, 0.1) is 29.6 Å². The molecule has 3 saturated carbocycles. The van der Waals surface area contributed by atoms with Gasteiger partial charge in [0.1, 0.15) is 0 Å². The molecule has 0 aromatic heterocycles. The summed E-state index contributed by atoms with van der Waals surface area (Å²) in [5.41, 5.74) is 0. The van der Waals surface area contributed by atoms with E-state index in [1.165, 1.54) is 38.5 Å². The second kappa shape index (κ2) is 6.16. The van der Waals surface area contributed by atoms with Crippen LogP contribution in [0.3, 0.4) is 0 Å². The predicted molar refractivity (Wildman–Crippen MR) is 82.1 cm³/mol. The number of hydrogen-bond donors (Lipinski definition) is 1. The molecule has 1 N–H and O–H groups in total. The molecule has 0 aromatic carbocycles. The zero-order chi connectivity index (χ0) is 13.2. The molecule has 0 aliphatic heterocycles. The Balaban J connectivity index is 1.50. The molecule has 0 aromatic rings. The predicted octanol–water partition coefficient (Wildman–Crippen LogP) is 4.62. The third-order valence-electron chi connectivity index (χ3n) is 6.85. The van der Waals surface area contributed by atoms with Crippen molar-refractivity contribution in [2.75, 3.05) is 7.05 Å². The van der Waals surface area contributed by atoms with Gasteiger partial charge in [-0.05, 0) is 75.2 Å². The third-order valence-corrected chi connectivity index (χ3v) is 6.85. The van der Waals surface area contributed by atoms with E-state index >= 15 is 0 Å². The van der Waals surface area contributed by atoms with Crippen molar-refractivity contribution in [1.82, 2.24) is 5.32 Å². The quantitative estimate of drug-likeness (QED) is 0.763. The highest BCUT2D eigenvalue weighted by Crippen LogP contribution is 2.50. The summed E-state index contributed by atoms with van der Waals surface area (Å²) in [5, 5.41) is 3.69. The van der Waals surface area contributed by atoms with Crippen molar-refractivity contribution in [2.24, 2.45) is 29.6 Å². The standard InChI is InChI=1S/C18H33N/c1-3-13-4-7-15(8-5-13)18(19-2)12-17-11-14-6-9-16(17)10-14/h13-19H,3-12H2,1-2H3. The summed E-state index contributed by atoms with van der Waals surface area (Å²) in [6, 6.07) is 0.821. The molecule has 4 unspecified atom stereocenters. The van der Waals surface area contributed by atoms with Crippen molar-refractivity contribution in [3.63, 3.8) is 0 Å². The van der Waals surface area contributed by atoms with Gasteiger partial charge in [0.25, 0.3) is 0 Å². The van der Waals surface area contributed by atoms with E-state index in [0.29, 0.717) is 0 Å². The van der Waals surface area contributed by atoms with Crippen LogP contribution < -0.4 is 5.32 Å². The van der Waals surface area contributed by atoms with Crippen molar-refractivity contribution >= 4 is 0 Å². The smallest absolute Gasteiger partial charge is 0.00950 e. The topological polar surface area (TPSA) is 12.0 Å². The summed E-state index contributed by atoms with van der Waals surface area (Å²) < 4.78 is 0. The van der Waals surface area contributed by atoms with E-state index in [2.05, 4.69) is 19.3 Å². The molecular formula is C18H33N. The molecule has 0 amide bonds. The fourth-order valence-electron chi connectivity index (χ4n) is 5.54. The lowest BCUT2D eigenvalue weighted by Gasteiger charge is -2.36. The summed E-state index contributed by atoms with van der Waals surface area (Å²) >= 11 is 0. The lowest BCUT2D eigenvalue weighted by molar-refractivity contribution is 0.184. The highest BCUT2D eigenvalue weighted by Gasteiger charge is 2.41. The highest BCUT2D eigenvalue weighted by molar-refractivity contribution is 4.93. The Labute approximate surface area is 119 Å². The van der Waals surface area contributed by atoms with Gasteiger partial charge in [0.05, 0.1) is 0 Å². The van der Waals surface area contributed by atoms with E-state index in [1.54, 1.807) is 25.7 Å². The number of hydrogen-bond acceptors (Lipinski definition) is 1. The summed E-state index contributed by atoms with van der Waals surface area (Å²) in [6.45, 7) is 2.37. The Bertz CT molecular complexity index is 279. The van der Waals surface area contributed by atoms with Gasteiger partial charge in [0.15, 0.2) is 0 Å². The summed E-state index contributed by atoms with van der Waals surface area (Å²) in [7, 11) is 2.21. The van der Waals surface area contributed by atoms with Gasteiger partial charge < -0.3 is 5.32 Å². The zero-order valence-electron chi connectivity index (χ0n) is 13.0. The maximum Gasteiger partial charge on any atom is 0.00950 e. The Hall–Kier alpha value is -0.0400. The van der Waals surface area contributed by atoms with Gasteiger partial charge in [-0.1, -0.05) is 32.6 Å². The Morgan fingerprint density at radius 3 is 2.32 bits per heavy atom. The van der Waals surface area contributed by atoms with Gasteiger partial charge in [-0.2, -0.15) is 0 Å². The van der Waals surface area contributed by atoms with Crippen molar-refractivity contribution in [3.8, 4) is 0 Å². The van der Waals surface area contributed by atoms with Gasteiger partial charge in [-0.3, -0.25) is 0 Å². The maximum absolute atomic E-state index is 3.69. The van der Waals surface area contributed by atoms with E-state index in [0.717, 1.165) is 35.6 Å². The molecule has 0 saturated heterocycles. The second-order valence-corrected chi connectivity index (χ2v) is 7.75. The summed E-state index contributed by atoms with van der Waals surface area (Å²) in [4.78, 5) is 0. The van der Waals surface area contributed by atoms with Crippen LogP contribution in [0.15, 0.2) is 0 Å². The molecule has 4 atom stereocenters. The molecule has 0 spiro atoms. The van der Waals surface area contributed by atoms with E-state index in [4.69, 9.17) is 0 Å². The van der Waals surface area contributed by atoms with Crippen LogP contribution >= 0.6 is 0 Å². The fourth-order valence-corrected chi connectivity index (χ4v) is 5.54. The second-order valence-electron chi connectivity index (χ2n) is 7.75. The van der Waals surface area contributed by atoms with E-state index in [-0.39, 0.29) is 0 Å². The molecule has 3 fully saturated rings. The third kappa shape index (κ3) is 3.01. The maximum atomic E-state index is 3.69. The van der Waals surface area contributed by atoms with Gasteiger partial charge in [0, 0.05) is 6.04 Å². The molecule has 0 heterocycles. The van der Waals surface area contributed by atoms with Crippen LogP contribution in [0.1, 0.15) is 71.1 Å². The molecule has 0 radical (unpaired) electrons. The Kier molecular flexibility index (Phi) is 4.51.